The lowest BCUT2D eigenvalue weighted by molar-refractivity contribution is 0.262. The van der Waals surface area contributed by atoms with Gasteiger partial charge in [-0.25, -0.2) is 24.3 Å². The number of nitrogens with zero attached hydrogens (tertiary/aromatic N) is 5. The SMILES string of the molecule is COc1ccc2ncc(-c3ccc(Oc4ncc(NC(=O)Nc5ccc(Cl)cc5Cl)cn4)cc3)n2n1. The van der Waals surface area contributed by atoms with Gasteiger partial charge in [0.05, 0.1) is 47.8 Å². The Morgan fingerprint density at radius 3 is 2.42 bits per heavy atom. The normalized spacial score (nSPS) is 10.8. The van der Waals surface area contributed by atoms with E-state index in [0.717, 1.165) is 11.3 Å². The van der Waals surface area contributed by atoms with Crippen LogP contribution in [0.4, 0.5) is 16.2 Å². The van der Waals surface area contributed by atoms with Crippen LogP contribution >= 0.6 is 23.2 Å². The highest BCUT2D eigenvalue weighted by Crippen LogP contribution is 2.27. The zero-order valence-electron chi connectivity index (χ0n) is 18.6. The second kappa shape index (κ2) is 10.1. The lowest BCUT2D eigenvalue weighted by atomic mass is 10.1. The van der Waals surface area contributed by atoms with Gasteiger partial charge in [0.2, 0.25) is 5.88 Å². The second-order valence-corrected chi connectivity index (χ2v) is 8.22. The number of hydrogen-bond donors (Lipinski definition) is 2. The fourth-order valence-corrected chi connectivity index (χ4v) is 3.73. The molecule has 3 aromatic heterocycles. The number of anilines is 2. The summed E-state index contributed by atoms with van der Waals surface area (Å²) in [4.78, 5) is 24.9. The highest BCUT2D eigenvalue weighted by Gasteiger charge is 2.10. The molecule has 0 aliphatic rings. The van der Waals surface area contributed by atoms with Crippen molar-refractivity contribution in [1.82, 2.24) is 24.6 Å². The largest absolute Gasteiger partial charge is 0.480 e. The summed E-state index contributed by atoms with van der Waals surface area (Å²) >= 11 is 11.9. The van der Waals surface area contributed by atoms with E-state index in [-0.39, 0.29) is 6.01 Å². The average molecular weight is 522 g/mol. The number of urea groups is 1. The molecule has 2 aromatic carbocycles. The molecule has 5 rings (SSSR count). The third kappa shape index (κ3) is 5.14. The Morgan fingerprint density at radius 1 is 0.917 bits per heavy atom. The fourth-order valence-electron chi connectivity index (χ4n) is 3.27. The maximum Gasteiger partial charge on any atom is 0.323 e. The van der Waals surface area contributed by atoms with Crippen molar-refractivity contribution < 1.29 is 14.3 Å². The lowest BCUT2D eigenvalue weighted by Gasteiger charge is -2.09. The van der Waals surface area contributed by atoms with E-state index >= 15 is 0 Å². The topological polar surface area (TPSA) is 116 Å². The lowest BCUT2D eigenvalue weighted by Crippen LogP contribution is -2.19. The number of fused-ring (bicyclic) bond motifs is 1. The minimum atomic E-state index is -0.508. The summed E-state index contributed by atoms with van der Waals surface area (Å²) in [5, 5.41) is 10.5. The predicted molar refractivity (Wildman–Crippen MR) is 136 cm³/mol. The highest BCUT2D eigenvalue weighted by atomic mass is 35.5. The number of carbonyl (C=O) groups excluding carboxylic acids is 1. The summed E-state index contributed by atoms with van der Waals surface area (Å²) in [5.74, 6) is 1.02. The van der Waals surface area contributed by atoms with Crippen molar-refractivity contribution in [1.29, 1.82) is 0 Å². The number of rotatable bonds is 6. The highest BCUT2D eigenvalue weighted by molar-refractivity contribution is 6.36. The predicted octanol–water partition coefficient (Wildman–Crippen LogP) is 5.94. The van der Waals surface area contributed by atoms with E-state index in [0.29, 0.717) is 38.7 Å². The Kier molecular flexibility index (Phi) is 6.52. The molecule has 0 radical (unpaired) electrons. The van der Waals surface area contributed by atoms with E-state index in [2.05, 4.69) is 30.7 Å². The van der Waals surface area contributed by atoms with Crippen LogP contribution in [0, 0.1) is 0 Å². The molecule has 0 aliphatic carbocycles. The van der Waals surface area contributed by atoms with Gasteiger partial charge >= 0.3 is 12.0 Å². The van der Waals surface area contributed by atoms with Crippen molar-refractivity contribution in [3.05, 3.63) is 83.2 Å². The van der Waals surface area contributed by atoms with Gasteiger partial charge in [-0.1, -0.05) is 23.2 Å². The summed E-state index contributed by atoms with van der Waals surface area (Å²) < 4.78 is 12.6. The summed E-state index contributed by atoms with van der Waals surface area (Å²) in [7, 11) is 1.56. The molecule has 0 spiro atoms. The minimum Gasteiger partial charge on any atom is -0.480 e. The van der Waals surface area contributed by atoms with Crippen LogP contribution in [0.2, 0.25) is 10.0 Å². The van der Waals surface area contributed by atoms with E-state index in [4.69, 9.17) is 32.7 Å². The van der Waals surface area contributed by atoms with Crippen molar-refractivity contribution in [2.45, 2.75) is 0 Å². The van der Waals surface area contributed by atoms with Crippen LogP contribution in [0.25, 0.3) is 16.9 Å². The molecule has 0 fully saturated rings. The first-order valence-electron chi connectivity index (χ1n) is 10.5. The minimum absolute atomic E-state index is 0.121. The van der Waals surface area contributed by atoms with Gasteiger partial charge < -0.3 is 20.1 Å². The van der Waals surface area contributed by atoms with Gasteiger partial charge in [0, 0.05) is 16.7 Å². The van der Waals surface area contributed by atoms with Crippen LogP contribution in [0.1, 0.15) is 0 Å². The summed E-state index contributed by atoms with van der Waals surface area (Å²) in [6.07, 6.45) is 4.60. The van der Waals surface area contributed by atoms with Gasteiger partial charge in [0.15, 0.2) is 5.65 Å². The number of carbonyl (C=O) groups is 1. The number of imidazole rings is 1. The zero-order chi connectivity index (χ0) is 25.1. The van der Waals surface area contributed by atoms with Gasteiger partial charge in [-0.3, -0.25) is 0 Å². The third-order valence-electron chi connectivity index (χ3n) is 4.97. The van der Waals surface area contributed by atoms with Crippen LogP contribution in [-0.2, 0) is 0 Å². The number of ether oxygens (including phenoxy) is 2. The summed E-state index contributed by atoms with van der Waals surface area (Å²) in [6.45, 7) is 0. The van der Waals surface area contributed by atoms with Crippen molar-refractivity contribution >= 4 is 46.3 Å². The number of nitrogens with one attached hydrogen (secondary N) is 2. The number of aromatic nitrogens is 5. The molecule has 12 heteroatoms. The molecule has 0 saturated heterocycles. The summed E-state index contributed by atoms with van der Waals surface area (Å²) in [5.41, 5.74) is 3.19. The van der Waals surface area contributed by atoms with E-state index in [9.17, 15) is 4.79 Å². The van der Waals surface area contributed by atoms with Crippen LogP contribution < -0.4 is 20.1 Å². The fraction of sp³-hybridized carbons (Fsp3) is 0.0417. The average Bonchev–Trinajstić information content (AvgIpc) is 3.30. The van der Waals surface area contributed by atoms with E-state index < -0.39 is 6.03 Å². The van der Waals surface area contributed by atoms with Crippen molar-refractivity contribution in [2.75, 3.05) is 17.7 Å². The first kappa shape index (κ1) is 23.3. The monoisotopic (exact) mass is 521 g/mol. The zero-order valence-corrected chi connectivity index (χ0v) is 20.2. The molecule has 5 aromatic rings. The molecule has 0 saturated carbocycles. The van der Waals surface area contributed by atoms with Crippen molar-refractivity contribution in [3.63, 3.8) is 0 Å². The Balaban J connectivity index is 1.22. The third-order valence-corrected chi connectivity index (χ3v) is 5.52. The molecular weight excluding hydrogens is 505 g/mol. The maximum atomic E-state index is 12.2. The number of benzene rings is 2. The number of amides is 2. The quantitative estimate of drug-likeness (QED) is 0.284. The number of methoxy groups -OCH3 is 1. The number of halogens is 2. The summed E-state index contributed by atoms with van der Waals surface area (Å²) in [6, 6.07) is 15.3. The van der Waals surface area contributed by atoms with Crippen LogP contribution in [-0.4, -0.2) is 37.7 Å². The Hall–Kier alpha value is -4.41. The molecule has 3 heterocycles. The molecule has 36 heavy (non-hydrogen) atoms. The standard InChI is InChI=1S/C24H17Cl2N7O3/c1-35-22-9-8-21-27-13-20(33(21)32-22)14-2-5-17(6-3-14)36-24-28-11-16(12-29-24)30-23(34)31-19-7-4-15(25)10-18(19)26/h2-13H,1H3,(H2,30,31,34). The van der Waals surface area contributed by atoms with Crippen LogP contribution in [0.15, 0.2) is 73.2 Å². The van der Waals surface area contributed by atoms with Gasteiger partial charge in [0.1, 0.15) is 5.75 Å². The molecule has 0 unspecified atom stereocenters. The van der Waals surface area contributed by atoms with E-state index in [1.807, 2.05) is 18.2 Å². The molecule has 10 nitrogen and oxygen atoms in total. The number of hydrogen-bond acceptors (Lipinski definition) is 7. The molecule has 0 aliphatic heterocycles. The molecule has 2 amide bonds. The second-order valence-electron chi connectivity index (χ2n) is 7.37. The first-order chi connectivity index (χ1) is 17.5. The Morgan fingerprint density at radius 2 is 1.69 bits per heavy atom. The molecule has 2 N–H and O–H groups in total. The van der Waals surface area contributed by atoms with Gasteiger partial charge in [-0.15, -0.1) is 5.10 Å². The van der Waals surface area contributed by atoms with Gasteiger partial charge in [0.25, 0.3) is 0 Å². The van der Waals surface area contributed by atoms with Gasteiger partial charge in [-0.05, 0) is 48.5 Å². The Labute approximate surface area is 214 Å². The van der Waals surface area contributed by atoms with Crippen molar-refractivity contribution in [2.24, 2.45) is 0 Å². The Bertz CT molecular complexity index is 1540. The van der Waals surface area contributed by atoms with Crippen LogP contribution in [0.5, 0.6) is 17.6 Å². The molecule has 0 bridgehead atoms. The van der Waals surface area contributed by atoms with E-state index in [1.54, 1.807) is 48.2 Å². The van der Waals surface area contributed by atoms with Crippen molar-refractivity contribution in [3.8, 4) is 28.9 Å². The molecule has 180 valence electrons. The first-order valence-corrected chi connectivity index (χ1v) is 11.3. The smallest absolute Gasteiger partial charge is 0.323 e. The maximum absolute atomic E-state index is 12.2. The van der Waals surface area contributed by atoms with Gasteiger partial charge in [-0.2, -0.15) is 0 Å². The molecule has 0 atom stereocenters. The van der Waals surface area contributed by atoms with Crippen LogP contribution in [0.3, 0.4) is 0 Å². The molecular formula is C24H17Cl2N7O3. The van der Waals surface area contributed by atoms with E-state index in [1.165, 1.54) is 18.5 Å².